The molecule has 1 heterocycles. The summed E-state index contributed by atoms with van der Waals surface area (Å²) >= 11 is 4.90. The number of rotatable bonds is 4. The molecule has 104 valence electrons. The lowest BCUT2D eigenvalue weighted by molar-refractivity contribution is -0.122. The lowest BCUT2D eigenvalue weighted by Gasteiger charge is -2.16. The van der Waals surface area contributed by atoms with Crippen LogP contribution in [-0.4, -0.2) is 26.5 Å². The van der Waals surface area contributed by atoms with Crippen LogP contribution in [0.15, 0.2) is 12.4 Å². The lowest BCUT2D eigenvalue weighted by Crippen LogP contribution is -2.37. The number of amides is 1. The Morgan fingerprint density at radius 2 is 2.11 bits per heavy atom. The van der Waals surface area contributed by atoms with Crippen LogP contribution in [0.4, 0.5) is 0 Å². The molecule has 0 bridgehead atoms. The van der Waals surface area contributed by atoms with Crippen LogP contribution in [0.1, 0.15) is 44.3 Å². The summed E-state index contributed by atoms with van der Waals surface area (Å²) in [7, 11) is 0. The number of imidazole rings is 1. The van der Waals surface area contributed by atoms with E-state index in [1.54, 1.807) is 17.0 Å². The number of nitrogens with two attached hydrogens (primary N) is 1. The van der Waals surface area contributed by atoms with Crippen molar-refractivity contribution in [3.8, 4) is 0 Å². The maximum atomic E-state index is 12.0. The molecule has 1 fully saturated rings. The average molecular weight is 280 g/mol. The van der Waals surface area contributed by atoms with Crippen LogP contribution < -0.4 is 11.1 Å². The van der Waals surface area contributed by atoms with Gasteiger partial charge in [0.2, 0.25) is 5.91 Å². The van der Waals surface area contributed by atoms with E-state index in [0.717, 1.165) is 12.8 Å². The minimum Gasteiger partial charge on any atom is -0.387 e. The third-order valence-electron chi connectivity index (χ3n) is 3.47. The highest BCUT2D eigenvalue weighted by Crippen LogP contribution is 2.17. The van der Waals surface area contributed by atoms with E-state index in [0.29, 0.717) is 11.9 Å². The number of carbonyl (C=O) groups is 1. The number of aromatic nitrogens is 2. The Bertz CT molecular complexity index is 449. The van der Waals surface area contributed by atoms with Crippen LogP contribution in [0.2, 0.25) is 0 Å². The zero-order chi connectivity index (χ0) is 13.7. The van der Waals surface area contributed by atoms with E-state index < -0.39 is 0 Å². The molecule has 1 saturated carbocycles. The fourth-order valence-electron chi connectivity index (χ4n) is 2.51. The van der Waals surface area contributed by atoms with Crippen molar-refractivity contribution in [2.45, 2.75) is 51.1 Å². The highest BCUT2D eigenvalue weighted by Gasteiger charge is 2.16. The summed E-state index contributed by atoms with van der Waals surface area (Å²) in [6, 6.07) is 0.312. The van der Waals surface area contributed by atoms with E-state index in [2.05, 4.69) is 10.3 Å². The van der Waals surface area contributed by atoms with E-state index in [1.807, 2.05) is 0 Å². The molecule has 1 amide bonds. The number of thiocarbonyl (C=S) groups is 1. The first-order chi connectivity index (χ1) is 9.16. The minimum atomic E-state index is 0.00222. The Hall–Kier alpha value is -1.43. The molecule has 3 N–H and O–H groups in total. The molecule has 6 heteroatoms. The summed E-state index contributed by atoms with van der Waals surface area (Å²) in [5, 5.41) is 3.09. The first kappa shape index (κ1) is 14.0. The molecule has 1 aromatic heterocycles. The van der Waals surface area contributed by atoms with Crippen molar-refractivity contribution in [3.63, 3.8) is 0 Å². The molecule has 5 nitrogen and oxygen atoms in total. The molecule has 1 aromatic rings. The molecular weight excluding hydrogens is 260 g/mol. The smallest absolute Gasteiger partial charge is 0.240 e. The Balaban J connectivity index is 1.89. The Morgan fingerprint density at radius 3 is 2.74 bits per heavy atom. The molecule has 2 rings (SSSR count). The first-order valence-corrected chi connectivity index (χ1v) is 7.18. The Kier molecular flexibility index (Phi) is 4.90. The predicted octanol–water partition coefficient (Wildman–Crippen LogP) is 1.36. The van der Waals surface area contributed by atoms with Crippen molar-refractivity contribution in [3.05, 3.63) is 18.2 Å². The van der Waals surface area contributed by atoms with Crippen molar-refractivity contribution >= 4 is 23.1 Å². The van der Waals surface area contributed by atoms with E-state index in [-0.39, 0.29) is 17.4 Å². The normalized spacial score (nSPS) is 16.8. The number of hydrogen-bond acceptors (Lipinski definition) is 3. The van der Waals surface area contributed by atoms with E-state index in [4.69, 9.17) is 18.0 Å². The van der Waals surface area contributed by atoms with Crippen LogP contribution in [0, 0.1) is 0 Å². The second-order valence-corrected chi connectivity index (χ2v) is 5.44. The molecule has 0 spiro atoms. The summed E-state index contributed by atoms with van der Waals surface area (Å²) < 4.78 is 1.69. The van der Waals surface area contributed by atoms with E-state index in [1.165, 1.54) is 25.7 Å². The van der Waals surface area contributed by atoms with Gasteiger partial charge in [0.15, 0.2) is 5.82 Å². The lowest BCUT2D eigenvalue weighted by atomic mass is 10.1. The molecule has 0 unspecified atom stereocenters. The van der Waals surface area contributed by atoms with E-state index in [9.17, 15) is 4.79 Å². The summed E-state index contributed by atoms with van der Waals surface area (Å²) in [5.41, 5.74) is 5.56. The average Bonchev–Trinajstić information content (AvgIpc) is 2.66. The van der Waals surface area contributed by atoms with Gasteiger partial charge in [-0.05, 0) is 12.8 Å². The predicted molar refractivity (Wildman–Crippen MR) is 77.7 cm³/mol. The Labute approximate surface area is 118 Å². The van der Waals surface area contributed by atoms with Gasteiger partial charge in [0.1, 0.15) is 11.5 Å². The number of nitrogens with one attached hydrogen (secondary N) is 1. The number of carbonyl (C=O) groups excluding carboxylic acids is 1. The Morgan fingerprint density at radius 1 is 1.42 bits per heavy atom. The van der Waals surface area contributed by atoms with Gasteiger partial charge in [-0.1, -0.05) is 37.9 Å². The van der Waals surface area contributed by atoms with Gasteiger partial charge >= 0.3 is 0 Å². The fourth-order valence-corrected chi connectivity index (χ4v) is 2.68. The van der Waals surface area contributed by atoms with Gasteiger partial charge in [-0.15, -0.1) is 0 Å². The molecule has 0 aromatic carbocycles. The topological polar surface area (TPSA) is 72.9 Å². The maximum Gasteiger partial charge on any atom is 0.240 e. The second-order valence-electron chi connectivity index (χ2n) is 5.00. The quantitative estimate of drug-likeness (QED) is 0.645. The monoisotopic (exact) mass is 280 g/mol. The summed E-state index contributed by atoms with van der Waals surface area (Å²) in [6.45, 7) is 0.225. The molecule has 0 radical (unpaired) electrons. The van der Waals surface area contributed by atoms with Gasteiger partial charge in [0.25, 0.3) is 0 Å². The maximum absolute atomic E-state index is 12.0. The van der Waals surface area contributed by atoms with Crippen molar-refractivity contribution in [1.29, 1.82) is 0 Å². The standard InChI is InChI=1S/C13H20N4OS/c14-12(19)13-15-7-8-17(13)9-11(18)16-10-5-3-1-2-4-6-10/h7-8,10H,1-6,9H2,(H2,14,19)(H,16,18). The zero-order valence-electron chi connectivity index (χ0n) is 11.0. The summed E-state index contributed by atoms with van der Waals surface area (Å²) in [6.07, 6.45) is 10.4. The molecule has 0 atom stereocenters. The van der Waals surface area contributed by atoms with Crippen LogP contribution in [-0.2, 0) is 11.3 Å². The largest absolute Gasteiger partial charge is 0.387 e. The van der Waals surface area contributed by atoms with Crippen LogP contribution in [0.25, 0.3) is 0 Å². The zero-order valence-corrected chi connectivity index (χ0v) is 11.8. The highest BCUT2D eigenvalue weighted by molar-refractivity contribution is 7.80. The van der Waals surface area contributed by atoms with E-state index >= 15 is 0 Å². The van der Waals surface area contributed by atoms with Gasteiger partial charge in [-0.2, -0.15) is 0 Å². The SMILES string of the molecule is NC(=S)c1nccn1CC(=O)NC1CCCCCC1. The molecule has 1 aliphatic carbocycles. The molecule has 0 saturated heterocycles. The number of nitrogens with zero attached hydrogens (tertiary/aromatic N) is 2. The second kappa shape index (κ2) is 6.65. The van der Waals surface area contributed by atoms with Crippen molar-refractivity contribution in [2.75, 3.05) is 0 Å². The molecule has 0 aliphatic heterocycles. The van der Waals surface area contributed by atoms with Gasteiger partial charge < -0.3 is 15.6 Å². The van der Waals surface area contributed by atoms with Gasteiger partial charge in [0, 0.05) is 18.4 Å². The van der Waals surface area contributed by atoms with Crippen molar-refractivity contribution in [1.82, 2.24) is 14.9 Å². The molecule has 1 aliphatic rings. The fraction of sp³-hybridized carbons (Fsp3) is 0.615. The molecule has 19 heavy (non-hydrogen) atoms. The third kappa shape index (κ3) is 4.02. The number of hydrogen-bond donors (Lipinski definition) is 2. The van der Waals surface area contributed by atoms with Crippen molar-refractivity contribution < 1.29 is 4.79 Å². The molecular formula is C13H20N4OS. The highest BCUT2D eigenvalue weighted by atomic mass is 32.1. The third-order valence-corrected chi connectivity index (χ3v) is 3.65. The van der Waals surface area contributed by atoms with Crippen LogP contribution >= 0.6 is 12.2 Å². The summed E-state index contributed by atoms with van der Waals surface area (Å²) in [4.78, 5) is 16.3. The van der Waals surface area contributed by atoms with Crippen molar-refractivity contribution in [2.24, 2.45) is 5.73 Å². The van der Waals surface area contributed by atoms with Gasteiger partial charge in [0.05, 0.1) is 0 Å². The minimum absolute atomic E-state index is 0.00222. The van der Waals surface area contributed by atoms with Crippen LogP contribution in [0.5, 0.6) is 0 Å². The first-order valence-electron chi connectivity index (χ1n) is 6.77. The summed E-state index contributed by atoms with van der Waals surface area (Å²) in [5.74, 6) is 0.494. The van der Waals surface area contributed by atoms with Gasteiger partial charge in [-0.25, -0.2) is 4.98 Å². The van der Waals surface area contributed by atoms with Gasteiger partial charge in [-0.3, -0.25) is 4.79 Å². The van der Waals surface area contributed by atoms with Crippen LogP contribution in [0.3, 0.4) is 0 Å².